The molecule has 110 valence electrons. The molecule has 0 unspecified atom stereocenters. The van der Waals surface area contributed by atoms with Crippen LogP contribution in [0.1, 0.15) is 13.8 Å². The zero-order valence-corrected chi connectivity index (χ0v) is 11.1. The zero-order valence-electron chi connectivity index (χ0n) is 11.1. The van der Waals surface area contributed by atoms with Gasteiger partial charge in [0.05, 0.1) is 11.6 Å². The van der Waals surface area contributed by atoms with Crippen molar-refractivity contribution in [3.05, 3.63) is 6.20 Å². The topological polar surface area (TPSA) is 69.7 Å². The molecule has 2 N–H and O–H groups in total. The molecule has 0 saturated carbocycles. The van der Waals surface area contributed by atoms with Crippen molar-refractivity contribution in [2.24, 2.45) is 0 Å². The van der Waals surface area contributed by atoms with Crippen LogP contribution in [0, 0.1) is 0 Å². The van der Waals surface area contributed by atoms with Crippen molar-refractivity contribution >= 4 is 22.8 Å². The fourth-order valence-corrected chi connectivity index (χ4v) is 1.85. The maximum atomic E-state index is 12.6. The Morgan fingerprint density at radius 1 is 1.30 bits per heavy atom. The number of rotatable bonds is 5. The van der Waals surface area contributed by atoms with Gasteiger partial charge in [-0.3, -0.25) is 5.10 Å². The highest BCUT2D eigenvalue weighted by Gasteiger charge is 2.31. The molecule has 2 heterocycles. The SMILES string of the molecule is CCNc1nc(N(CC)CC(F)(F)F)c2cn[nH]c2n1. The summed E-state index contributed by atoms with van der Waals surface area (Å²) in [6.45, 7) is 3.19. The first-order chi connectivity index (χ1) is 9.44. The van der Waals surface area contributed by atoms with Crippen molar-refractivity contribution in [1.29, 1.82) is 0 Å². The number of H-pyrrole nitrogens is 1. The average Bonchev–Trinajstić information content (AvgIpc) is 2.82. The van der Waals surface area contributed by atoms with Gasteiger partial charge in [0.1, 0.15) is 12.4 Å². The van der Waals surface area contributed by atoms with E-state index < -0.39 is 12.7 Å². The Labute approximate surface area is 113 Å². The van der Waals surface area contributed by atoms with Crippen LogP contribution in [0.3, 0.4) is 0 Å². The second-order valence-electron chi connectivity index (χ2n) is 4.16. The summed E-state index contributed by atoms with van der Waals surface area (Å²) in [6, 6.07) is 0. The summed E-state index contributed by atoms with van der Waals surface area (Å²) in [5, 5.41) is 9.83. The first-order valence-electron chi connectivity index (χ1n) is 6.21. The summed E-state index contributed by atoms with van der Waals surface area (Å²) in [6.07, 6.45) is -2.87. The fraction of sp³-hybridized carbons (Fsp3) is 0.545. The highest BCUT2D eigenvalue weighted by Crippen LogP contribution is 2.27. The molecule has 20 heavy (non-hydrogen) atoms. The van der Waals surface area contributed by atoms with Gasteiger partial charge >= 0.3 is 6.18 Å². The van der Waals surface area contributed by atoms with Crippen LogP contribution < -0.4 is 10.2 Å². The number of hydrogen-bond acceptors (Lipinski definition) is 5. The molecular weight excluding hydrogens is 273 g/mol. The fourth-order valence-electron chi connectivity index (χ4n) is 1.85. The van der Waals surface area contributed by atoms with E-state index in [9.17, 15) is 13.2 Å². The largest absolute Gasteiger partial charge is 0.405 e. The van der Waals surface area contributed by atoms with Crippen LogP contribution >= 0.6 is 0 Å². The van der Waals surface area contributed by atoms with Gasteiger partial charge in [-0.15, -0.1) is 0 Å². The third-order valence-corrected chi connectivity index (χ3v) is 2.68. The molecule has 2 aromatic heterocycles. The Morgan fingerprint density at radius 2 is 2.05 bits per heavy atom. The van der Waals surface area contributed by atoms with Crippen LogP contribution in [0.4, 0.5) is 24.9 Å². The molecule has 0 spiro atoms. The third-order valence-electron chi connectivity index (χ3n) is 2.68. The van der Waals surface area contributed by atoms with E-state index in [0.717, 1.165) is 4.90 Å². The van der Waals surface area contributed by atoms with E-state index in [1.807, 2.05) is 6.92 Å². The van der Waals surface area contributed by atoms with Crippen LogP contribution in [0.2, 0.25) is 0 Å². The van der Waals surface area contributed by atoms with E-state index in [-0.39, 0.29) is 18.3 Å². The summed E-state index contributed by atoms with van der Waals surface area (Å²) < 4.78 is 37.9. The number of anilines is 2. The van der Waals surface area contributed by atoms with Crippen LogP contribution in [0.15, 0.2) is 6.20 Å². The van der Waals surface area contributed by atoms with Gasteiger partial charge < -0.3 is 10.2 Å². The summed E-state index contributed by atoms with van der Waals surface area (Å²) >= 11 is 0. The van der Waals surface area contributed by atoms with Gasteiger partial charge in [-0.05, 0) is 13.8 Å². The molecule has 0 aliphatic heterocycles. The molecule has 0 amide bonds. The van der Waals surface area contributed by atoms with E-state index in [1.54, 1.807) is 6.92 Å². The molecule has 0 aliphatic carbocycles. The van der Waals surface area contributed by atoms with Gasteiger partial charge in [-0.1, -0.05) is 0 Å². The minimum absolute atomic E-state index is 0.183. The highest BCUT2D eigenvalue weighted by atomic mass is 19.4. The van der Waals surface area contributed by atoms with Crippen LogP contribution in [0.5, 0.6) is 0 Å². The second-order valence-corrected chi connectivity index (χ2v) is 4.16. The van der Waals surface area contributed by atoms with Gasteiger partial charge in [0.25, 0.3) is 0 Å². The van der Waals surface area contributed by atoms with Crippen LogP contribution in [-0.4, -0.2) is 46.0 Å². The highest BCUT2D eigenvalue weighted by molar-refractivity contribution is 5.87. The number of alkyl halides is 3. The van der Waals surface area contributed by atoms with Gasteiger partial charge in [-0.2, -0.15) is 28.2 Å². The molecule has 9 heteroatoms. The normalized spacial score (nSPS) is 11.8. The maximum Gasteiger partial charge on any atom is 0.405 e. The second kappa shape index (κ2) is 5.51. The Morgan fingerprint density at radius 3 is 2.65 bits per heavy atom. The monoisotopic (exact) mass is 288 g/mol. The van der Waals surface area contributed by atoms with Crippen molar-refractivity contribution in [2.45, 2.75) is 20.0 Å². The molecule has 6 nitrogen and oxygen atoms in total. The lowest BCUT2D eigenvalue weighted by Crippen LogP contribution is -2.35. The number of aromatic nitrogens is 4. The number of hydrogen-bond donors (Lipinski definition) is 2. The Balaban J connectivity index is 2.46. The van der Waals surface area contributed by atoms with Crippen LogP contribution in [-0.2, 0) is 0 Å². The molecule has 0 radical (unpaired) electrons. The molecule has 0 aliphatic rings. The molecule has 0 atom stereocenters. The third kappa shape index (κ3) is 3.09. The molecule has 0 fully saturated rings. The van der Waals surface area contributed by atoms with Gasteiger partial charge in [-0.25, -0.2) is 0 Å². The summed E-state index contributed by atoms with van der Waals surface area (Å²) in [4.78, 5) is 9.47. The number of fused-ring (bicyclic) bond motifs is 1. The minimum Gasteiger partial charge on any atom is -0.354 e. The molecule has 0 aromatic carbocycles. The number of nitrogens with one attached hydrogen (secondary N) is 2. The van der Waals surface area contributed by atoms with Crippen LogP contribution in [0.25, 0.3) is 11.0 Å². The molecular formula is C11H15F3N6. The van der Waals surface area contributed by atoms with Crippen molar-refractivity contribution in [2.75, 3.05) is 29.9 Å². The molecule has 0 bridgehead atoms. The minimum atomic E-state index is -4.30. The lowest BCUT2D eigenvalue weighted by Gasteiger charge is -2.24. The van der Waals surface area contributed by atoms with Gasteiger partial charge in [0.2, 0.25) is 5.95 Å². The standard InChI is InChI=1S/C11H15F3N6/c1-3-15-10-17-8-7(5-16-19-8)9(18-10)20(4-2)6-11(12,13)14/h5H,3-4,6H2,1-2H3,(H2,15,16,17,18,19). The van der Waals surface area contributed by atoms with Crippen molar-refractivity contribution in [1.82, 2.24) is 20.2 Å². The molecule has 0 saturated heterocycles. The number of aromatic amines is 1. The first-order valence-corrected chi connectivity index (χ1v) is 6.21. The predicted octanol–water partition coefficient (Wildman–Crippen LogP) is 2.17. The number of halogens is 3. The summed E-state index contributed by atoms with van der Waals surface area (Å²) in [7, 11) is 0. The van der Waals surface area contributed by atoms with Gasteiger partial charge in [0.15, 0.2) is 5.65 Å². The van der Waals surface area contributed by atoms with E-state index in [0.29, 0.717) is 17.6 Å². The van der Waals surface area contributed by atoms with Crippen molar-refractivity contribution in [3.63, 3.8) is 0 Å². The Hall–Kier alpha value is -2.06. The maximum absolute atomic E-state index is 12.6. The Kier molecular flexibility index (Phi) is 3.96. The van der Waals surface area contributed by atoms with E-state index >= 15 is 0 Å². The smallest absolute Gasteiger partial charge is 0.354 e. The average molecular weight is 288 g/mol. The summed E-state index contributed by atoms with van der Waals surface area (Å²) in [5.41, 5.74) is 0.409. The Bertz CT molecular complexity index is 579. The van der Waals surface area contributed by atoms with Gasteiger partial charge in [0, 0.05) is 13.1 Å². The lowest BCUT2D eigenvalue weighted by molar-refractivity contribution is -0.119. The van der Waals surface area contributed by atoms with Crippen molar-refractivity contribution < 1.29 is 13.2 Å². The molecule has 2 rings (SSSR count). The predicted molar refractivity (Wildman–Crippen MR) is 69.8 cm³/mol. The first kappa shape index (κ1) is 14.4. The van der Waals surface area contributed by atoms with E-state index in [1.165, 1.54) is 6.20 Å². The molecule has 2 aromatic rings. The van der Waals surface area contributed by atoms with E-state index in [4.69, 9.17) is 0 Å². The zero-order chi connectivity index (χ0) is 14.8. The van der Waals surface area contributed by atoms with Crippen molar-refractivity contribution in [3.8, 4) is 0 Å². The number of nitrogens with zero attached hydrogens (tertiary/aromatic N) is 4. The lowest BCUT2D eigenvalue weighted by atomic mass is 10.3. The summed E-state index contributed by atoms with van der Waals surface area (Å²) in [5.74, 6) is 0.499. The van der Waals surface area contributed by atoms with E-state index in [2.05, 4.69) is 25.5 Å². The quantitative estimate of drug-likeness (QED) is 0.882.